The second kappa shape index (κ2) is 10.4. The number of hydrogen-bond donors (Lipinski definition) is 2. The molecule has 2 N–H and O–H groups in total. The van der Waals surface area contributed by atoms with E-state index in [0.717, 1.165) is 16.0 Å². The van der Waals surface area contributed by atoms with E-state index in [0.29, 0.717) is 47.6 Å². The van der Waals surface area contributed by atoms with Gasteiger partial charge in [0.2, 0.25) is 0 Å². The average molecular weight is 412 g/mol. The number of amides is 1. The van der Waals surface area contributed by atoms with Crippen LogP contribution in [0.4, 0.5) is 0 Å². The number of nitrogens with one attached hydrogen (secondary N) is 2. The highest BCUT2D eigenvalue weighted by Gasteiger charge is 2.12. The monoisotopic (exact) mass is 411 g/mol. The summed E-state index contributed by atoms with van der Waals surface area (Å²) in [5.74, 6) is 1.37. The lowest BCUT2D eigenvalue weighted by Gasteiger charge is -2.15. The number of benzene rings is 2. The highest BCUT2D eigenvalue weighted by atomic mass is 35.5. The molecule has 2 aromatic carbocycles. The van der Waals surface area contributed by atoms with E-state index in [4.69, 9.17) is 32.7 Å². The van der Waals surface area contributed by atoms with Gasteiger partial charge in [0.05, 0.1) is 26.3 Å². The molecule has 1 amide bonds. The van der Waals surface area contributed by atoms with Crippen molar-refractivity contribution in [3.63, 3.8) is 0 Å². The molecule has 0 heterocycles. The lowest BCUT2D eigenvalue weighted by molar-refractivity contribution is -0.885. The van der Waals surface area contributed by atoms with Gasteiger partial charge in [0.25, 0.3) is 5.91 Å². The second-order valence-electron chi connectivity index (χ2n) is 6.34. The van der Waals surface area contributed by atoms with Gasteiger partial charge in [-0.3, -0.25) is 4.79 Å². The van der Waals surface area contributed by atoms with Crippen molar-refractivity contribution in [1.82, 2.24) is 5.32 Å². The van der Waals surface area contributed by atoms with Gasteiger partial charge in [0.15, 0.2) is 18.0 Å². The number of carbonyl (C=O) groups excluding carboxylic acids is 1. The van der Waals surface area contributed by atoms with E-state index in [1.807, 2.05) is 31.3 Å². The molecule has 0 bridgehead atoms. The molecule has 0 saturated carbocycles. The van der Waals surface area contributed by atoms with E-state index >= 15 is 0 Å². The number of likely N-dealkylation sites (N-methyl/N-ethyl adjacent to an activating group) is 1. The van der Waals surface area contributed by atoms with Crippen molar-refractivity contribution in [2.75, 3.05) is 34.4 Å². The van der Waals surface area contributed by atoms with Gasteiger partial charge in [-0.1, -0.05) is 35.3 Å². The third-order valence-corrected chi connectivity index (χ3v) is 4.74. The summed E-state index contributed by atoms with van der Waals surface area (Å²) in [6.07, 6.45) is 0.716. The molecule has 0 saturated heterocycles. The van der Waals surface area contributed by atoms with Gasteiger partial charge in [-0.25, -0.2) is 0 Å². The summed E-state index contributed by atoms with van der Waals surface area (Å²) >= 11 is 12.1. The van der Waals surface area contributed by atoms with Gasteiger partial charge >= 0.3 is 0 Å². The van der Waals surface area contributed by atoms with Gasteiger partial charge in [0, 0.05) is 17.1 Å². The van der Waals surface area contributed by atoms with Crippen LogP contribution in [0.25, 0.3) is 0 Å². The van der Waals surface area contributed by atoms with Crippen LogP contribution in [0.2, 0.25) is 10.0 Å². The van der Waals surface area contributed by atoms with Crippen molar-refractivity contribution >= 4 is 29.1 Å². The SMILES string of the molecule is COc1ccc(CCNC(=O)C[NH+](C)Cc2ccc(Cl)cc2Cl)cc1OC. The Balaban J connectivity index is 1.78. The quantitative estimate of drug-likeness (QED) is 0.665. The maximum absolute atomic E-state index is 12.2. The molecule has 0 aliphatic carbocycles. The molecule has 0 aliphatic rings. The largest absolute Gasteiger partial charge is 0.493 e. The Hall–Kier alpha value is -1.95. The van der Waals surface area contributed by atoms with Crippen LogP contribution in [0.5, 0.6) is 11.5 Å². The van der Waals surface area contributed by atoms with E-state index < -0.39 is 0 Å². The molecular weight excluding hydrogens is 387 g/mol. The summed E-state index contributed by atoms with van der Waals surface area (Å²) in [6, 6.07) is 11.2. The van der Waals surface area contributed by atoms with Crippen LogP contribution >= 0.6 is 23.2 Å². The third-order valence-electron chi connectivity index (χ3n) is 4.15. The molecule has 0 aliphatic heterocycles. The zero-order valence-corrected chi connectivity index (χ0v) is 17.3. The van der Waals surface area contributed by atoms with Gasteiger partial charge in [-0.05, 0) is 36.2 Å². The first kappa shape index (κ1) is 21.4. The Morgan fingerprint density at radius 2 is 1.81 bits per heavy atom. The standard InChI is InChI=1S/C20H24Cl2N2O3/c1-24(12-15-5-6-16(21)11-17(15)22)13-20(25)23-9-8-14-4-7-18(26-2)19(10-14)27-3/h4-7,10-11H,8-9,12-13H2,1-3H3,(H,23,25)/p+1. The van der Waals surface area contributed by atoms with Gasteiger partial charge < -0.3 is 19.7 Å². The molecule has 146 valence electrons. The van der Waals surface area contributed by atoms with Gasteiger partial charge in [0.1, 0.15) is 6.54 Å². The predicted molar refractivity (Wildman–Crippen MR) is 108 cm³/mol. The van der Waals surface area contributed by atoms with Crippen LogP contribution in [-0.2, 0) is 17.8 Å². The first-order chi connectivity index (χ1) is 12.9. The topological polar surface area (TPSA) is 52.0 Å². The molecule has 27 heavy (non-hydrogen) atoms. The molecule has 0 fully saturated rings. The molecule has 1 atom stereocenters. The Kier molecular flexibility index (Phi) is 8.23. The van der Waals surface area contributed by atoms with Crippen LogP contribution in [0.15, 0.2) is 36.4 Å². The Morgan fingerprint density at radius 3 is 2.48 bits per heavy atom. The number of halogens is 2. The highest BCUT2D eigenvalue weighted by Crippen LogP contribution is 2.27. The molecule has 0 spiro atoms. The normalized spacial score (nSPS) is 11.7. The number of quaternary nitrogens is 1. The predicted octanol–water partition coefficient (Wildman–Crippen LogP) is 2.38. The minimum Gasteiger partial charge on any atom is -0.493 e. The van der Waals surface area contributed by atoms with Crippen molar-refractivity contribution in [3.8, 4) is 11.5 Å². The van der Waals surface area contributed by atoms with Crippen molar-refractivity contribution < 1.29 is 19.2 Å². The fraction of sp³-hybridized carbons (Fsp3) is 0.350. The molecular formula is C20H25Cl2N2O3+. The van der Waals surface area contributed by atoms with Gasteiger partial charge in [-0.15, -0.1) is 0 Å². The number of methoxy groups -OCH3 is 2. The van der Waals surface area contributed by atoms with Crippen LogP contribution in [0.1, 0.15) is 11.1 Å². The average Bonchev–Trinajstić information content (AvgIpc) is 2.63. The lowest BCUT2D eigenvalue weighted by atomic mass is 10.1. The molecule has 0 radical (unpaired) electrons. The number of hydrogen-bond acceptors (Lipinski definition) is 3. The minimum absolute atomic E-state index is 0.00179. The van der Waals surface area contributed by atoms with Crippen molar-refractivity contribution in [1.29, 1.82) is 0 Å². The van der Waals surface area contributed by atoms with Crippen molar-refractivity contribution in [2.24, 2.45) is 0 Å². The van der Waals surface area contributed by atoms with E-state index in [9.17, 15) is 4.79 Å². The smallest absolute Gasteiger partial charge is 0.275 e. The van der Waals surface area contributed by atoms with Crippen LogP contribution in [0.3, 0.4) is 0 Å². The molecule has 5 nitrogen and oxygen atoms in total. The van der Waals surface area contributed by atoms with Crippen LogP contribution in [0, 0.1) is 0 Å². The molecule has 2 aromatic rings. The third kappa shape index (κ3) is 6.61. The first-order valence-electron chi connectivity index (χ1n) is 8.65. The molecule has 0 aromatic heterocycles. The lowest BCUT2D eigenvalue weighted by Crippen LogP contribution is -3.08. The second-order valence-corrected chi connectivity index (χ2v) is 7.18. The van der Waals surface area contributed by atoms with Crippen molar-refractivity contribution in [3.05, 3.63) is 57.6 Å². The summed E-state index contributed by atoms with van der Waals surface area (Å²) in [5.41, 5.74) is 2.04. The zero-order chi connectivity index (χ0) is 19.8. The van der Waals surface area contributed by atoms with E-state index in [1.54, 1.807) is 26.4 Å². The van der Waals surface area contributed by atoms with E-state index in [1.165, 1.54) is 0 Å². The fourth-order valence-corrected chi connectivity index (χ4v) is 3.25. The maximum atomic E-state index is 12.2. The first-order valence-corrected chi connectivity index (χ1v) is 9.41. The Morgan fingerprint density at radius 1 is 1.07 bits per heavy atom. The summed E-state index contributed by atoms with van der Waals surface area (Å²) < 4.78 is 10.5. The number of rotatable bonds is 9. The molecule has 7 heteroatoms. The Labute approximate surface area is 170 Å². The van der Waals surface area contributed by atoms with E-state index in [2.05, 4.69) is 5.32 Å². The fourth-order valence-electron chi connectivity index (χ4n) is 2.77. The number of carbonyl (C=O) groups is 1. The Bertz CT molecular complexity index is 784. The number of ether oxygens (including phenoxy) is 2. The maximum Gasteiger partial charge on any atom is 0.275 e. The van der Waals surface area contributed by atoms with Crippen LogP contribution in [-0.4, -0.2) is 40.3 Å². The summed E-state index contributed by atoms with van der Waals surface area (Å²) in [5, 5.41) is 4.18. The minimum atomic E-state index is -0.00179. The van der Waals surface area contributed by atoms with Gasteiger partial charge in [-0.2, -0.15) is 0 Å². The summed E-state index contributed by atoms with van der Waals surface area (Å²) in [7, 11) is 5.17. The summed E-state index contributed by atoms with van der Waals surface area (Å²) in [6.45, 7) is 1.58. The van der Waals surface area contributed by atoms with Crippen molar-refractivity contribution in [2.45, 2.75) is 13.0 Å². The van der Waals surface area contributed by atoms with Crippen LogP contribution < -0.4 is 19.7 Å². The zero-order valence-electron chi connectivity index (χ0n) is 15.8. The molecule has 1 unspecified atom stereocenters. The van der Waals surface area contributed by atoms with E-state index in [-0.39, 0.29) is 5.91 Å². The summed E-state index contributed by atoms with van der Waals surface area (Å²) in [4.78, 5) is 13.2. The molecule has 2 rings (SSSR count). The highest BCUT2D eigenvalue weighted by molar-refractivity contribution is 6.35.